The number of ether oxygens (including phenoxy) is 1. The van der Waals surface area contributed by atoms with Crippen molar-refractivity contribution in [2.24, 2.45) is 5.41 Å². The Labute approximate surface area is 122 Å². The fourth-order valence-electron chi connectivity index (χ4n) is 3.30. The minimum atomic E-state index is -0.111. The van der Waals surface area contributed by atoms with Crippen molar-refractivity contribution in [2.75, 3.05) is 39.9 Å². The molecule has 0 aromatic carbocycles. The summed E-state index contributed by atoms with van der Waals surface area (Å²) in [4.78, 5) is 14.9. The predicted octanol–water partition coefficient (Wildman–Crippen LogP) is 1.83. The summed E-state index contributed by atoms with van der Waals surface area (Å²) in [6.07, 6.45) is 6.47. The highest BCUT2D eigenvalue weighted by Crippen LogP contribution is 2.42. The number of hydrogen-bond acceptors (Lipinski definition) is 3. The van der Waals surface area contributed by atoms with E-state index in [4.69, 9.17) is 4.74 Å². The van der Waals surface area contributed by atoms with Crippen LogP contribution in [0.3, 0.4) is 0 Å². The smallest absolute Gasteiger partial charge is 0.228 e. The van der Waals surface area contributed by atoms with Gasteiger partial charge >= 0.3 is 0 Å². The van der Waals surface area contributed by atoms with Gasteiger partial charge in [0.2, 0.25) is 5.91 Å². The number of carbonyl (C=O) groups excluding carboxylic acids is 1. The quantitative estimate of drug-likeness (QED) is 0.859. The van der Waals surface area contributed by atoms with Gasteiger partial charge in [-0.1, -0.05) is 12.8 Å². The Balaban J connectivity index is 0.00000180. The van der Waals surface area contributed by atoms with E-state index in [2.05, 4.69) is 10.2 Å². The number of amides is 1. The summed E-state index contributed by atoms with van der Waals surface area (Å²) in [6, 6.07) is 0. The zero-order valence-electron chi connectivity index (χ0n) is 12.0. The van der Waals surface area contributed by atoms with Crippen LogP contribution in [0.4, 0.5) is 0 Å². The molecule has 1 heterocycles. The van der Waals surface area contributed by atoms with Crippen LogP contribution in [-0.4, -0.2) is 50.7 Å². The van der Waals surface area contributed by atoms with Crippen molar-refractivity contribution in [1.82, 2.24) is 10.2 Å². The van der Waals surface area contributed by atoms with E-state index in [1.807, 2.05) is 0 Å². The van der Waals surface area contributed by atoms with Crippen LogP contribution < -0.4 is 5.32 Å². The second-order valence-corrected chi connectivity index (χ2v) is 5.63. The molecule has 1 N–H and O–H groups in total. The highest BCUT2D eigenvalue weighted by Gasteiger charge is 2.42. The highest BCUT2D eigenvalue weighted by molar-refractivity contribution is 5.85. The van der Waals surface area contributed by atoms with E-state index in [1.54, 1.807) is 7.11 Å². The molecule has 0 aromatic rings. The van der Waals surface area contributed by atoms with Gasteiger partial charge in [0.15, 0.2) is 0 Å². The Bertz CT molecular complexity index is 273. The molecule has 2 rings (SSSR count). The van der Waals surface area contributed by atoms with Gasteiger partial charge in [-0.25, -0.2) is 0 Å². The Morgan fingerprint density at radius 3 is 2.63 bits per heavy atom. The zero-order chi connectivity index (χ0) is 12.8. The molecule has 5 heteroatoms. The van der Waals surface area contributed by atoms with Gasteiger partial charge in [0.05, 0.1) is 5.41 Å². The second kappa shape index (κ2) is 8.08. The second-order valence-electron chi connectivity index (χ2n) is 5.63. The van der Waals surface area contributed by atoms with Crippen LogP contribution in [0.5, 0.6) is 0 Å². The van der Waals surface area contributed by atoms with E-state index in [1.165, 1.54) is 12.8 Å². The van der Waals surface area contributed by atoms with E-state index in [9.17, 15) is 4.79 Å². The van der Waals surface area contributed by atoms with Crippen LogP contribution in [0, 0.1) is 5.41 Å². The molecule has 1 aliphatic carbocycles. The minimum absolute atomic E-state index is 0. The molecular formula is C14H27ClN2O2. The van der Waals surface area contributed by atoms with Gasteiger partial charge in [0, 0.05) is 33.4 Å². The maximum atomic E-state index is 12.8. The first-order chi connectivity index (χ1) is 8.78. The average molecular weight is 291 g/mol. The number of rotatable bonds is 4. The summed E-state index contributed by atoms with van der Waals surface area (Å²) in [6.45, 7) is 4.47. The van der Waals surface area contributed by atoms with Crippen molar-refractivity contribution >= 4 is 18.3 Å². The molecule has 1 saturated carbocycles. The maximum absolute atomic E-state index is 12.8. The lowest BCUT2D eigenvalue weighted by Gasteiger charge is -2.33. The monoisotopic (exact) mass is 290 g/mol. The van der Waals surface area contributed by atoms with Crippen LogP contribution in [0.25, 0.3) is 0 Å². The Morgan fingerprint density at radius 1 is 1.21 bits per heavy atom. The number of nitrogens with zero attached hydrogens (tertiary/aromatic N) is 1. The molecule has 2 aliphatic rings. The van der Waals surface area contributed by atoms with Crippen LogP contribution in [0.15, 0.2) is 0 Å². The van der Waals surface area contributed by atoms with Crippen LogP contribution in [0.1, 0.15) is 38.5 Å². The highest BCUT2D eigenvalue weighted by atomic mass is 35.5. The van der Waals surface area contributed by atoms with E-state index in [0.717, 1.165) is 51.9 Å². The first kappa shape index (κ1) is 16.7. The van der Waals surface area contributed by atoms with Crippen LogP contribution in [0.2, 0.25) is 0 Å². The van der Waals surface area contributed by atoms with Gasteiger partial charge in [0.1, 0.15) is 0 Å². The van der Waals surface area contributed by atoms with Gasteiger partial charge in [-0.05, 0) is 32.2 Å². The van der Waals surface area contributed by atoms with Crippen LogP contribution in [-0.2, 0) is 9.53 Å². The number of halogens is 1. The van der Waals surface area contributed by atoms with Crippen molar-refractivity contribution in [2.45, 2.75) is 38.5 Å². The van der Waals surface area contributed by atoms with Crippen LogP contribution >= 0.6 is 12.4 Å². The normalized spacial score (nSPS) is 22.7. The van der Waals surface area contributed by atoms with E-state index in [-0.39, 0.29) is 17.8 Å². The van der Waals surface area contributed by atoms with Crippen molar-refractivity contribution in [3.05, 3.63) is 0 Å². The van der Waals surface area contributed by atoms with Crippen molar-refractivity contribution in [1.29, 1.82) is 0 Å². The molecule has 1 saturated heterocycles. The third kappa shape index (κ3) is 4.07. The van der Waals surface area contributed by atoms with Crippen molar-refractivity contribution < 1.29 is 9.53 Å². The fraction of sp³-hybridized carbons (Fsp3) is 0.929. The zero-order valence-corrected chi connectivity index (χ0v) is 12.8. The largest absolute Gasteiger partial charge is 0.385 e. The molecule has 1 aliphatic heterocycles. The predicted molar refractivity (Wildman–Crippen MR) is 78.7 cm³/mol. The number of hydrogen-bond donors (Lipinski definition) is 1. The number of carbonyl (C=O) groups is 1. The summed E-state index contributed by atoms with van der Waals surface area (Å²) < 4.78 is 5.21. The molecular weight excluding hydrogens is 264 g/mol. The van der Waals surface area contributed by atoms with E-state index < -0.39 is 0 Å². The lowest BCUT2D eigenvalue weighted by Crippen LogP contribution is -2.44. The first-order valence-electron chi connectivity index (χ1n) is 7.27. The first-order valence-corrected chi connectivity index (χ1v) is 7.27. The van der Waals surface area contributed by atoms with Gasteiger partial charge in [-0.15, -0.1) is 12.4 Å². The molecule has 112 valence electrons. The van der Waals surface area contributed by atoms with Gasteiger partial charge in [-0.2, -0.15) is 0 Å². The average Bonchev–Trinajstić information content (AvgIpc) is 2.71. The molecule has 2 fully saturated rings. The molecule has 0 radical (unpaired) electrons. The number of methoxy groups -OCH3 is 1. The fourth-order valence-corrected chi connectivity index (χ4v) is 3.30. The summed E-state index contributed by atoms with van der Waals surface area (Å²) in [7, 11) is 1.73. The van der Waals surface area contributed by atoms with Crippen molar-refractivity contribution in [3.8, 4) is 0 Å². The summed E-state index contributed by atoms with van der Waals surface area (Å²) in [5, 5.41) is 3.36. The third-order valence-electron chi connectivity index (χ3n) is 4.43. The van der Waals surface area contributed by atoms with Gasteiger partial charge < -0.3 is 15.0 Å². The van der Waals surface area contributed by atoms with Gasteiger partial charge in [-0.3, -0.25) is 4.79 Å². The maximum Gasteiger partial charge on any atom is 0.228 e. The summed E-state index contributed by atoms with van der Waals surface area (Å²) in [5.41, 5.74) is -0.111. The molecule has 0 spiro atoms. The molecule has 0 aromatic heterocycles. The molecule has 0 unspecified atom stereocenters. The minimum Gasteiger partial charge on any atom is -0.385 e. The lowest BCUT2D eigenvalue weighted by atomic mass is 9.81. The lowest BCUT2D eigenvalue weighted by molar-refractivity contribution is -0.142. The van der Waals surface area contributed by atoms with E-state index >= 15 is 0 Å². The Kier molecular flexibility index (Phi) is 7.11. The third-order valence-corrected chi connectivity index (χ3v) is 4.43. The summed E-state index contributed by atoms with van der Waals surface area (Å²) >= 11 is 0. The molecule has 0 bridgehead atoms. The van der Waals surface area contributed by atoms with Crippen molar-refractivity contribution in [3.63, 3.8) is 0 Å². The Morgan fingerprint density at radius 2 is 1.95 bits per heavy atom. The molecule has 19 heavy (non-hydrogen) atoms. The van der Waals surface area contributed by atoms with E-state index in [0.29, 0.717) is 12.5 Å². The SMILES string of the molecule is COCCC1(C(=O)N2CCCNCC2)CCCC1.Cl. The topological polar surface area (TPSA) is 41.6 Å². The molecule has 4 nitrogen and oxygen atoms in total. The number of nitrogens with one attached hydrogen (secondary N) is 1. The Hall–Kier alpha value is -0.320. The van der Waals surface area contributed by atoms with Gasteiger partial charge in [0.25, 0.3) is 0 Å². The standard InChI is InChI=1S/C14H26N2O2.ClH/c1-18-12-7-14(5-2-3-6-14)13(17)16-10-4-8-15-9-11-16;/h15H,2-12H2,1H3;1H. The molecule has 0 atom stereocenters. The summed E-state index contributed by atoms with van der Waals surface area (Å²) in [5.74, 6) is 0.390. The molecule has 1 amide bonds.